The van der Waals surface area contributed by atoms with Crippen molar-refractivity contribution in [3.8, 4) is 0 Å². The second-order valence-corrected chi connectivity index (χ2v) is 11.2. The first kappa shape index (κ1) is 24.8. The number of hydrogen-bond acceptors (Lipinski definition) is 3. The Balaban J connectivity index is 1.81. The number of carbonyl (C=O) groups is 2. The number of halogens is 1. The number of hydrogen-bond donors (Lipinski definition) is 1. The zero-order valence-electron chi connectivity index (χ0n) is 19.7. The summed E-state index contributed by atoms with van der Waals surface area (Å²) in [6.45, 7) is 10.1. The molecule has 5 unspecified atom stereocenters. The van der Waals surface area contributed by atoms with E-state index in [4.69, 9.17) is 16.3 Å². The fourth-order valence-electron chi connectivity index (χ4n) is 7.22. The van der Waals surface area contributed by atoms with Gasteiger partial charge in [-0.3, -0.25) is 4.79 Å². The second-order valence-electron chi connectivity index (χ2n) is 10.7. The van der Waals surface area contributed by atoms with Gasteiger partial charge in [-0.25, -0.2) is 0 Å². The summed E-state index contributed by atoms with van der Waals surface area (Å²) in [6.07, 6.45) is 10.5. The van der Waals surface area contributed by atoms with Gasteiger partial charge in [0.2, 0.25) is 0 Å². The molecule has 3 aliphatic rings. The zero-order valence-corrected chi connectivity index (χ0v) is 20.5. The Morgan fingerprint density at radius 3 is 2.61 bits per heavy atom. The maximum atomic E-state index is 12.9. The number of rotatable bonds is 12. The van der Waals surface area contributed by atoms with Crippen LogP contribution in [-0.4, -0.2) is 36.0 Å². The van der Waals surface area contributed by atoms with Gasteiger partial charge in [0.25, 0.3) is 0 Å². The van der Waals surface area contributed by atoms with Gasteiger partial charge < -0.3 is 14.6 Å². The van der Waals surface area contributed by atoms with Crippen LogP contribution in [-0.2, 0) is 14.3 Å². The molecule has 1 N–H and O–H groups in total. The second kappa shape index (κ2) is 9.95. The average Bonchev–Trinajstić information content (AvgIpc) is 3.37. The van der Waals surface area contributed by atoms with Crippen LogP contribution in [0.3, 0.4) is 0 Å². The minimum atomic E-state index is -1.06. The predicted octanol–water partition coefficient (Wildman–Crippen LogP) is 6.12. The number of unbranched alkanes of at least 4 members (excludes halogenated alkanes) is 2. The van der Waals surface area contributed by atoms with Crippen LogP contribution in [0.25, 0.3) is 0 Å². The van der Waals surface area contributed by atoms with Crippen molar-refractivity contribution >= 4 is 23.9 Å². The van der Waals surface area contributed by atoms with Gasteiger partial charge in [-0.05, 0) is 68.1 Å². The minimum absolute atomic E-state index is 0.00378. The molecular weight excluding hydrogens is 412 g/mol. The van der Waals surface area contributed by atoms with E-state index >= 15 is 0 Å². The third-order valence-corrected chi connectivity index (χ3v) is 9.27. The summed E-state index contributed by atoms with van der Waals surface area (Å²) in [5, 5.41) is 10.5. The Kier molecular flexibility index (Phi) is 7.95. The lowest BCUT2D eigenvalue weighted by Gasteiger charge is -2.48. The van der Waals surface area contributed by atoms with Crippen LogP contribution in [0.5, 0.6) is 0 Å². The highest BCUT2D eigenvalue weighted by atomic mass is 35.5. The van der Waals surface area contributed by atoms with E-state index in [9.17, 15) is 14.7 Å². The molecule has 4 nitrogen and oxygen atoms in total. The molecule has 0 heterocycles. The summed E-state index contributed by atoms with van der Waals surface area (Å²) < 4.78 is 5.72. The number of ether oxygens (including phenoxy) is 1. The van der Waals surface area contributed by atoms with E-state index in [1.807, 2.05) is 0 Å². The lowest BCUT2D eigenvalue weighted by Crippen LogP contribution is -2.53. The summed E-state index contributed by atoms with van der Waals surface area (Å²) in [4.78, 5) is 25.7. The number of alkyl halides is 1. The van der Waals surface area contributed by atoms with Crippen LogP contribution >= 0.6 is 11.6 Å². The fraction of sp³-hybridized carbons (Fsp3) is 0.846. The summed E-state index contributed by atoms with van der Waals surface area (Å²) >= 11 is 6.77. The Morgan fingerprint density at radius 1 is 1.29 bits per heavy atom. The molecule has 0 amide bonds. The summed E-state index contributed by atoms with van der Waals surface area (Å²) in [5.41, 5.74) is -0.921. The molecule has 31 heavy (non-hydrogen) atoms. The van der Waals surface area contributed by atoms with E-state index < -0.39 is 16.8 Å². The number of allylic oxidation sites excluding steroid dienone is 1. The normalized spacial score (nSPS) is 39.3. The Bertz CT molecular complexity index is 689. The van der Waals surface area contributed by atoms with E-state index in [-0.39, 0.29) is 29.0 Å². The molecule has 0 aromatic carbocycles. The van der Waals surface area contributed by atoms with Crippen molar-refractivity contribution in [2.75, 3.05) is 13.2 Å². The van der Waals surface area contributed by atoms with Gasteiger partial charge in [-0.2, -0.15) is 0 Å². The van der Waals surface area contributed by atoms with Crippen LogP contribution in [0.1, 0.15) is 79.1 Å². The van der Waals surface area contributed by atoms with Crippen LogP contribution in [0, 0.1) is 40.4 Å². The lowest BCUT2D eigenvalue weighted by atomic mass is 9.52. The molecule has 3 aliphatic carbocycles. The first-order valence-corrected chi connectivity index (χ1v) is 12.8. The van der Waals surface area contributed by atoms with Crippen molar-refractivity contribution in [2.45, 2.75) is 84.4 Å². The summed E-state index contributed by atoms with van der Waals surface area (Å²) in [5.74, 6) is 0.120. The lowest BCUT2D eigenvalue weighted by molar-refractivity contribution is -0.160. The van der Waals surface area contributed by atoms with Gasteiger partial charge in [-0.1, -0.05) is 52.2 Å². The van der Waals surface area contributed by atoms with Gasteiger partial charge in [-0.15, -0.1) is 11.6 Å². The maximum Gasteiger partial charge on any atom is 0.314 e. The molecule has 2 fully saturated rings. The predicted molar refractivity (Wildman–Crippen MR) is 124 cm³/mol. The van der Waals surface area contributed by atoms with Crippen molar-refractivity contribution in [1.29, 1.82) is 0 Å². The largest absolute Gasteiger partial charge is 0.481 e. The molecule has 0 radical (unpaired) electrons. The first-order chi connectivity index (χ1) is 14.7. The quantitative estimate of drug-likeness (QED) is 0.168. The van der Waals surface area contributed by atoms with E-state index in [0.717, 1.165) is 63.6 Å². The highest BCUT2D eigenvalue weighted by Gasteiger charge is 2.71. The monoisotopic (exact) mass is 452 g/mol. The number of fused-ring (bicyclic) bond motifs is 2. The molecule has 2 bridgehead atoms. The topological polar surface area (TPSA) is 63.6 Å². The number of carbonyl (C=O) groups excluding carboxylic acids is 1. The third-order valence-electron chi connectivity index (χ3n) is 8.69. The number of carboxylic acid groups (broad SMARTS) is 1. The Labute approximate surface area is 193 Å². The van der Waals surface area contributed by atoms with Gasteiger partial charge >= 0.3 is 5.97 Å². The van der Waals surface area contributed by atoms with Crippen molar-refractivity contribution in [2.24, 2.45) is 40.4 Å². The minimum Gasteiger partial charge on any atom is -0.481 e. The molecule has 0 spiro atoms. The molecule has 0 saturated heterocycles. The van der Waals surface area contributed by atoms with Crippen molar-refractivity contribution in [3.63, 3.8) is 0 Å². The average molecular weight is 453 g/mol. The molecule has 2 saturated carbocycles. The van der Waals surface area contributed by atoms with E-state index in [1.54, 1.807) is 0 Å². The first-order valence-electron chi connectivity index (χ1n) is 12.4. The van der Waals surface area contributed by atoms with Crippen molar-refractivity contribution < 1.29 is 19.4 Å². The fourth-order valence-corrected chi connectivity index (χ4v) is 7.60. The van der Waals surface area contributed by atoms with E-state index in [0.29, 0.717) is 18.8 Å². The molecule has 5 heteroatoms. The molecule has 0 aliphatic heterocycles. The summed E-state index contributed by atoms with van der Waals surface area (Å²) in [6, 6.07) is 0. The Hall–Kier alpha value is -0.870. The van der Waals surface area contributed by atoms with Crippen LogP contribution in [0.4, 0.5) is 0 Å². The smallest absolute Gasteiger partial charge is 0.314 e. The molecule has 0 aromatic rings. The molecule has 7 atom stereocenters. The third kappa shape index (κ3) is 4.12. The van der Waals surface area contributed by atoms with Gasteiger partial charge in [0.1, 0.15) is 11.7 Å². The molecule has 176 valence electrons. The highest BCUT2D eigenvalue weighted by Crippen LogP contribution is 2.71. The van der Waals surface area contributed by atoms with E-state index in [2.05, 4.69) is 33.8 Å². The molecule has 0 aromatic heterocycles. The van der Waals surface area contributed by atoms with Crippen molar-refractivity contribution in [3.05, 3.63) is 11.6 Å². The van der Waals surface area contributed by atoms with Crippen LogP contribution in [0.15, 0.2) is 11.6 Å². The highest BCUT2D eigenvalue weighted by molar-refractivity contribution is 6.21. The number of aliphatic carboxylic acids is 1. The van der Waals surface area contributed by atoms with Gasteiger partial charge in [0.15, 0.2) is 0 Å². The maximum absolute atomic E-state index is 12.9. The molecular formula is C26H41ClO4. The van der Waals surface area contributed by atoms with Gasteiger partial charge in [0.05, 0.1) is 0 Å². The van der Waals surface area contributed by atoms with Gasteiger partial charge in [0, 0.05) is 24.0 Å². The SMILES string of the molecule is CCCCOCCCCC1C(C)C(Cl)CC1[C@@]1(C=O)CC2C=C(C(C)C)[C@@]1(C(=O)O)C2. The molecule has 3 rings (SSSR count). The number of carboxylic acids is 1. The van der Waals surface area contributed by atoms with E-state index in [1.165, 1.54) is 0 Å². The summed E-state index contributed by atoms with van der Waals surface area (Å²) in [7, 11) is 0. The van der Waals surface area contributed by atoms with Crippen LogP contribution < -0.4 is 0 Å². The Morgan fingerprint density at radius 2 is 2.00 bits per heavy atom. The standard InChI is InChI=1S/C26H41ClO4/c1-5-6-10-31-11-8-7-9-20-18(4)23(27)13-22(20)25(16-28)14-19-12-21(17(2)3)26(25,15-19)24(29)30/h12,16-20,22-23H,5-11,13-15H2,1-4H3,(H,29,30)/t18?,19?,20?,22?,23?,25-,26+/m0/s1. The zero-order chi connectivity index (χ0) is 22.8. The number of aldehydes is 1. The van der Waals surface area contributed by atoms with Crippen molar-refractivity contribution in [1.82, 2.24) is 0 Å². The van der Waals surface area contributed by atoms with Crippen LogP contribution in [0.2, 0.25) is 0 Å².